The topological polar surface area (TPSA) is 26.0 Å². The molecule has 0 saturated heterocycles. The summed E-state index contributed by atoms with van der Waals surface area (Å²) < 4.78 is 24.6. The average Bonchev–Trinajstić information content (AvgIpc) is 2.15. The van der Waals surface area contributed by atoms with Crippen molar-refractivity contribution in [3.8, 4) is 0 Å². The molecule has 0 saturated carbocycles. The number of nitrogens with two attached hydrogens (primary N) is 1. The molecule has 0 heterocycles. The van der Waals surface area contributed by atoms with Crippen LogP contribution in [-0.2, 0) is 5.41 Å². The number of benzene rings is 1. The van der Waals surface area contributed by atoms with Gasteiger partial charge in [-0.2, -0.15) is 0 Å². The third-order valence-corrected chi connectivity index (χ3v) is 2.43. The molecular formula is C12H18ClF2N. The van der Waals surface area contributed by atoms with Crippen molar-refractivity contribution in [1.29, 1.82) is 0 Å². The largest absolute Gasteiger partial charge is 0.319 e. The molecular weight excluding hydrogens is 232 g/mol. The summed E-state index contributed by atoms with van der Waals surface area (Å²) in [5.74, 6) is 0. The van der Waals surface area contributed by atoms with Crippen molar-refractivity contribution in [1.82, 2.24) is 0 Å². The van der Waals surface area contributed by atoms with Crippen LogP contribution in [0.3, 0.4) is 0 Å². The molecule has 92 valence electrons. The molecule has 1 rings (SSSR count). The second kappa shape index (κ2) is 5.60. The highest BCUT2D eigenvalue weighted by Gasteiger charge is 2.18. The number of rotatable bonds is 2. The molecule has 0 bridgehead atoms. The Hall–Kier alpha value is -0.670. The average molecular weight is 250 g/mol. The zero-order valence-electron chi connectivity index (χ0n) is 9.71. The summed E-state index contributed by atoms with van der Waals surface area (Å²) in [5, 5.41) is 0. The lowest BCUT2D eigenvalue weighted by molar-refractivity contribution is 0.116. The fourth-order valence-corrected chi connectivity index (χ4v) is 1.35. The Balaban J connectivity index is 0.00000225. The molecule has 0 aliphatic carbocycles. The fourth-order valence-electron chi connectivity index (χ4n) is 1.35. The highest BCUT2D eigenvalue weighted by atomic mass is 35.5. The van der Waals surface area contributed by atoms with Crippen LogP contribution in [-0.4, -0.2) is 6.43 Å². The minimum absolute atomic E-state index is 0. The molecule has 1 aromatic rings. The van der Waals surface area contributed by atoms with Crippen LogP contribution in [0.2, 0.25) is 0 Å². The second-order valence-electron chi connectivity index (χ2n) is 4.73. The highest BCUT2D eigenvalue weighted by Crippen LogP contribution is 2.24. The van der Waals surface area contributed by atoms with Gasteiger partial charge in [-0.3, -0.25) is 0 Å². The molecule has 0 radical (unpaired) electrons. The molecule has 0 aliphatic rings. The Labute approximate surface area is 101 Å². The Morgan fingerprint density at radius 3 is 1.81 bits per heavy atom. The van der Waals surface area contributed by atoms with Gasteiger partial charge >= 0.3 is 0 Å². The third kappa shape index (κ3) is 3.72. The minimum atomic E-state index is -2.51. The van der Waals surface area contributed by atoms with Crippen molar-refractivity contribution in [2.75, 3.05) is 0 Å². The van der Waals surface area contributed by atoms with Crippen LogP contribution in [0, 0.1) is 0 Å². The normalized spacial score (nSPS) is 13.4. The molecule has 0 aliphatic heterocycles. The van der Waals surface area contributed by atoms with Crippen molar-refractivity contribution in [3.63, 3.8) is 0 Å². The van der Waals surface area contributed by atoms with Gasteiger partial charge in [0.15, 0.2) is 0 Å². The molecule has 1 aromatic carbocycles. The summed E-state index contributed by atoms with van der Waals surface area (Å²) in [4.78, 5) is 0. The van der Waals surface area contributed by atoms with Crippen LogP contribution < -0.4 is 5.73 Å². The van der Waals surface area contributed by atoms with Gasteiger partial charge in [0.2, 0.25) is 0 Å². The van der Waals surface area contributed by atoms with E-state index in [9.17, 15) is 8.78 Å². The Morgan fingerprint density at radius 2 is 1.50 bits per heavy atom. The smallest absolute Gasteiger partial charge is 0.257 e. The van der Waals surface area contributed by atoms with Crippen LogP contribution in [0.5, 0.6) is 0 Å². The van der Waals surface area contributed by atoms with E-state index in [1.165, 1.54) is 0 Å². The first-order valence-corrected chi connectivity index (χ1v) is 4.96. The maximum atomic E-state index is 12.3. The van der Waals surface area contributed by atoms with Gasteiger partial charge in [0, 0.05) is 0 Å². The van der Waals surface area contributed by atoms with Crippen LogP contribution in [0.4, 0.5) is 8.78 Å². The molecule has 2 N–H and O–H groups in total. The summed E-state index contributed by atoms with van der Waals surface area (Å²) in [7, 11) is 0. The van der Waals surface area contributed by atoms with Crippen LogP contribution in [0.1, 0.15) is 37.9 Å². The van der Waals surface area contributed by atoms with Crippen molar-refractivity contribution in [2.45, 2.75) is 38.7 Å². The summed E-state index contributed by atoms with van der Waals surface area (Å²) in [6, 6.07) is 5.89. The van der Waals surface area contributed by atoms with Crippen molar-refractivity contribution in [2.24, 2.45) is 5.73 Å². The molecule has 16 heavy (non-hydrogen) atoms. The van der Waals surface area contributed by atoms with E-state index in [1.807, 2.05) is 12.1 Å². The van der Waals surface area contributed by atoms with Crippen LogP contribution in [0.25, 0.3) is 0 Å². The number of halogens is 3. The first-order chi connectivity index (χ1) is 6.82. The molecule has 0 fully saturated rings. The maximum absolute atomic E-state index is 12.3. The van der Waals surface area contributed by atoms with Gasteiger partial charge in [-0.25, -0.2) is 8.78 Å². The molecule has 0 unspecified atom stereocenters. The predicted octanol–water partition coefficient (Wildman–Crippen LogP) is 3.67. The van der Waals surface area contributed by atoms with E-state index in [1.54, 1.807) is 12.1 Å². The lowest BCUT2D eigenvalue weighted by Gasteiger charge is -2.20. The van der Waals surface area contributed by atoms with Crippen molar-refractivity contribution in [3.05, 3.63) is 35.4 Å². The standard InChI is InChI=1S/C12H17F2N.ClH/c1-12(2,3)9-6-4-8(5-7-9)10(15)11(13)14;/h4-7,10-11H,15H2,1-3H3;1H/t10-;/m1./s1. The fraction of sp³-hybridized carbons (Fsp3) is 0.500. The minimum Gasteiger partial charge on any atom is -0.319 e. The van der Waals surface area contributed by atoms with Gasteiger partial charge in [-0.05, 0) is 16.5 Å². The van der Waals surface area contributed by atoms with E-state index in [4.69, 9.17) is 5.73 Å². The van der Waals surface area contributed by atoms with Crippen LogP contribution >= 0.6 is 12.4 Å². The summed E-state index contributed by atoms with van der Waals surface area (Å²) in [6.07, 6.45) is -2.51. The van der Waals surface area contributed by atoms with Crippen molar-refractivity contribution < 1.29 is 8.78 Å². The molecule has 1 atom stereocenters. The highest BCUT2D eigenvalue weighted by molar-refractivity contribution is 5.85. The quantitative estimate of drug-likeness (QED) is 0.850. The van der Waals surface area contributed by atoms with E-state index in [-0.39, 0.29) is 17.8 Å². The Morgan fingerprint density at radius 1 is 1.06 bits per heavy atom. The van der Waals surface area contributed by atoms with E-state index in [2.05, 4.69) is 20.8 Å². The summed E-state index contributed by atoms with van der Waals surface area (Å²) >= 11 is 0. The van der Waals surface area contributed by atoms with Gasteiger partial charge < -0.3 is 5.73 Å². The number of hydrogen-bond acceptors (Lipinski definition) is 1. The van der Waals surface area contributed by atoms with Crippen molar-refractivity contribution >= 4 is 12.4 Å². The molecule has 0 spiro atoms. The number of alkyl halides is 2. The van der Waals surface area contributed by atoms with Gasteiger partial charge in [0.1, 0.15) is 0 Å². The lowest BCUT2D eigenvalue weighted by Crippen LogP contribution is -2.19. The monoisotopic (exact) mass is 249 g/mol. The molecule has 0 amide bonds. The van der Waals surface area contributed by atoms with Gasteiger partial charge in [-0.15, -0.1) is 12.4 Å². The van der Waals surface area contributed by atoms with E-state index < -0.39 is 12.5 Å². The maximum Gasteiger partial charge on any atom is 0.257 e. The van der Waals surface area contributed by atoms with E-state index in [0.29, 0.717) is 5.56 Å². The van der Waals surface area contributed by atoms with Gasteiger partial charge in [0.05, 0.1) is 6.04 Å². The zero-order valence-corrected chi connectivity index (χ0v) is 10.5. The SMILES string of the molecule is CC(C)(C)c1ccc([C@@H](N)C(F)F)cc1.Cl. The first-order valence-electron chi connectivity index (χ1n) is 4.96. The summed E-state index contributed by atoms with van der Waals surface area (Å²) in [6.45, 7) is 6.24. The third-order valence-electron chi connectivity index (χ3n) is 2.43. The summed E-state index contributed by atoms with van der Waals surface area (Å²) in [5.41, 5.74) is 6.98. The lowest BCUT2D eigenvalue weighted by atomic mass is 9.86. The van der Waals surface area contributed by atoms with E-state index >= 15 is 0 Å². The zero-order chi connectivity index (χ0) is 11.6. The molecule has 1 nitrogen and oxygen atoms in total. The molecule has 4 heteroatoms. The predicted molar refractivity (Wildman–Crippen MR) is 65.3 cm³/mol. The molecule has 0 aromatic heterocycles. The Kier molecular flexibility index (Phi) is 5.36. The van der Waals surface area contributed by atoms with E-state index in [0.717, 1.165) is 5.56 Å². The van der Waals surface area contributed by atoms with Gasteiger partial charge in [0.25, 0.3) is 6.43 Å². The number of hydrogen-bond donors (Lipinski definition) is 1. The van der Waals surface area contributed by atoms with Gasteiger partial charge in [-0.1, -0.05) is 45.0 Å². The second-order valence-corrected chi connectivity index (χ2v) is 4.73. The first kappa shape index (κ1) is 15.3. The van der Waals surface area contributed by atoms with Crippen LogP contribution in [0.15, 0.2) is 24.3 Å². The Bertz CT molecular complexity index is 317.